The van der Waals surface area contributed by atoms with Gasteiger partial charge in [-0.3, -0.25) is 14.5 Å². The summed E-state index contributed by atoms with van der Waals surface area (Å²) in [4.78, 5) is 40.1. The van der Waals surface area contributed by atoms with E-state index in [0.29, 0.717) is 17.3 Å². The number of aromatic nitrogens is 2. The summed E-state index contributed by atoms with van der Waals surface area (Å²) < 4.78 is 0. The van der Waals surface area contributed by atoms with Gasteiger partial charge in [-0.1, -0.05) is 18.3 Å². The first-order chi connectivity index (χ1) is 10.4. The van der Waals surface area contributed by atoms with Crippen molar-refractivity contribution < 1.29 is 14.4 Å². The third-order valence-corrected chi connectivity index (χ3v) is 4.35. The number of hydrogen-bond donors (Lipinski definition) is 1. The van der Waals surface area contributed by atoms with Gasteiger partial charge in [-0.2, -0.15) is 0 Å². The van der Waals surface area contributed by atoms with Crippen molar-refractivity contribution in [3.63, 3.8) is 0 Å². The predicted octanol–water partition coefficient (Wildman–Crippen LogP) is 1.49. The van der Waals surface area contributed by atoms with Crippen molar-refractivity contribution in [1.29, 1.82) is 0 Å². The number of amides is 4. The minimum absolute atomic E-state index is 0.145. The first kappa shape index (κ1) is 16.2. The second-order valence-corrected chi connectivity index (χ2v) is 5.99. The van der Waals surface area contributed by atoms with E-state index in [9.17, 15) is 14.4 Å². The third kappa shape index (κ3) is 3.53. The number of aliphatic imine (C=N–C) groups is 1. The summed E-state index contributed by atoms with van der Waals surface area (Å²) in [5.74, 6) is -1.09. The minimum Gasteiger partial charge on any atom is -0.301 e. The Labute approximate surface area is 131 Å². The minimum atomic E-state index is -0.566. The van der Waals surface area contributed by atoms with Gasteiger partial charge in [0.1, 0.15) is 5.01 Å². The van der Waals surface area contributed by atoms with Crippen molar-refractivity contribution in [3.05, 3.63) is 5.01 Å². The Bertz CT molecular complexity index is 639. The lowest BCUT2D eigenvalue weighted by molar-refractivity contribution is -0.129. The quantitative estimate of drug-likeness (QED) is 0.884. The molecule has 8 nitrogen and oxygen atoms in total. The van der Waals surface area contributed by atoms with Gasteiger partial charge in [-0.15, -0.1) is 10.2 Å². The molecule has 0 saturated heterocycles. The first-order valence-electron chi connectivity index (χ1n) is 6.91. The van der Waals surface area contributed by atoms with E-state index in [1.54, 1.807) is 6.92 Å². The normalized spacial score (nSPS) is 18.4. The van der Waals surface area contributed by atoms with Crippen LogP contribution in [0.5, 0.6) is 0 Å². The van der Waals surface area contributed by atoms with E-state index < -0.39 is 11.9 Å². The first-order valence-corrected chi connectivity index (χ1v) is 7.73. The molecule has 118 valence electrons. The lowest BCUT2D eigenvalue weighted by Gasteiger charge is -2.25. The van der Waals surface area contributed by atoms with Crippen molar-refractivity contribution in [2.24, 2.45) is 10.9 Å². The number of nitrogens with one attached hydrogen (secondary N) is 1. The summed E-state index contributed by atoms with van der Waals surface area (Å²) in [7, 11) is 1.39. The van der Waals surface area contributed by atoms with Gasteiger partial charge in [0, 0.05) is 19.2 Å². The van der Waals surface area contributed by atoms with Crippen LogP contribution in [0.4, 0.5) is 9.93 Å². The number of imide groups is 1. The molecule has 1 unspecified atom stereocenters. The lowest BCUT2D eigenvalue weighted by atomic mass is 9.95. The van der Waals surface area contributed by atoms with Crippen molar-refractivity contribution in [2.45, 2.75) is 33.1 Å². The number of aryl methyl sites for hydroxylation is 1. The van der Waals surface area contributed by atoms with Crippen LogP contribution in [0.3, 0.4) is 0 Å². The molecule has 1 atom stereocenters. The van der Waals surface area contributed by atoms with Crippen molar-refractivity contribution >= 4 is 40.0 Å². The van der Waals surface area contributed by atoms with E-state index in [-0.39, 0.29) is 18.2 Å². The number of rotatable bonds is 5. The van der Waals surface area contributed by atoms with Crippen LogP contribution in [0.25, 0.3) is 0 Å². The molecule has 0 radical (unpaired) electrons. The molecule has 2 rings (SSSR count). The van der Waals surface area contributed by atoms with Crippen LogP contribution in [-0.2, 0) is 16.0 Å². The molecule has 0 aliphatic carbocycles. The molecular formula is C13H17N5O3S. The Balaban J connectivity index is 1.92. The summed E-state index contributed by atoms with van der Waals surface area (Å²) >= 11 is 1.33. The average Bonchev–Trinajstić information content (AvgIpc) is 2.92. The summed E-state index contributed by atoms with van der Waals surface area (Å²) in [6.45, 7) is 3.59. The number of hydrogen-bond acceptors (Lipinski definition) is 6. The molecule has 1 N–H and O–H groups in total. The molecule has 0 bridgehead atoms. The average molecular weight is 323 g/mol. The van der Waals surface area contributed by atoms with E-state index in [1.807, 2.05) is 6.92 Å². The molecular weight excluding hydrogens is 306 g/mol. The summed E-state index contributed by atoms with van der Waals surface area (Å²) in [6, 6.07) is -0.566. The molecule has 0 spiro atoms. The maximum absolute atomic E-state index is 12.0. The van der Waals surface area contributed by atoms with Crippen LogP contribution in [0.1, 0.15) is 31.7 Å². The van der Waals surface area contributed by atoms with Crippen LogP contribution < -0.4 is 5.32 Å². The van der Waals surface area contributed by atoms with Crippen LogP contribution in [0.2, 0.25) is 0 Å². The lowest BCUT2D eigenvalue weighted by Crippen LogP contribution is -2.43. The molecule has 1 aromatic rings. The van der Waals surface area contributed by atoms with Gasteiger partial charge in [0.05, 0.1) is 5.92 Å². The number of carbonyl (C=O) groups is 3. The van der Waals surface area contributed by atoms with E-state index in [2.05, 4.69) is 20.5 Å². The second-order valence-electron chi connectivity index (χ2n) is 4.93. The zero-order chi connectivity index (χ0) is 16.3. The largest absolute Gasteiger partial charge is 0.349 e. The maximum Gasteiger partial charge on any atom is 0.349 e. The van der Waals surface area contributed by atoms with Gasteiger partial charge in [0.25, 0.3) is 0 Å². The topological polar surface area (TPSA) is 105 Å². The van der Waals surface area contributed by atoms with Gasteiger partial charge >= 0.3 is 6.03 Å². The molecule has 0 saturated carbocycles. The van der Waals surface area contributed by atoms with Crippen molar-refractivity contribution in [3.8, 4) is 0 Å². The molecule has 9 heteroatoms. The van der Waals surface area contributed by atoms with E-state index >= 15 is 0 Å². The number of urea groups is 1. The number of anilines is 1. The number of nitrogens with zero attached hydrogens (tertiary/aromatic N) is 4. The summed E-state index contributed by atoms with van der Waals surface area (Å²) in [5.41, 5.74) is 0.449. The molecule has 0 fully saturated rings. The fourth-order valence-corrected chi connectivity index (χ4v) is 2.74. The third-order valence-electron chi connectivity index (χ3n) is 3.37. The number of carbonyl (C=O) groups excluding carboxylic acids is 3. The van der Waals surface area contributed by atoms with E-state index in [1.165, 1.54) is 18.4 Å². The maximum atomic E-state index is 12.0. The van der Waals surface area contributed by atoms with Crippen molar-refractivity contribution in [2.75, 3.05) is 12.4 Å². The highest BCUT2D eigenvalue weighted by Gasteiger charge is 2.33. The second kappa shape index (κ2) is 6.73. The zero-order valence-electron chi connectivity index (χ0n) is 12.6. The van der Waals surface area contributed by atoms with Gasteiger partial charge in [-0.05, 0) is 19.8 Å². The van der Waals surface area contributed by atoms with Crippen molar-refractivity contribution in [1.82, 2.24) is 15.1 Å². The Morgan fingerprint density at radius 3 is 2.73 bits per heavy atom. The van der Waals surface area contributed by atoms with Gasteiger partial charge in [0.15, 0.2) is 0 Å². The van der Waals surface area contributed by atoms with Crippen LogP contribution in [-0.4, -0.2) is 45.7 Å². The van der Waals surface area contributed by atoms with Gasteiger partial charge < -0.3 is 5.32 Å². The zero-order valence-corrected chi connectivity index (χ0v) is 13.4. The molecule has 1 aliphatic heterocycles. The Hall–Kier alpha value is -2.16. The SMILES string of the molecule is CCc1nnc(NC(=O)CCC2C(=O)N(C)C(=O)N=C2C)s1. The fourth-order valence-electron chi connectivity index (χ4n) is 2.05. The predicted molar refractivity (Wildman–Crippen MR) is 81.9 cm³/mol. The highest BCUT2D eigenvalue weighted by atomic mass is 32.1. The molecule has 22 heavy (non-hydrogen) atoms. The van der Waals surface area contributed by atoms with Crippen LogP contribution >= 0.6 is 11.3 Å². The smallest absolute Gasteiger partial charge is 0.301 e. The molecule has 1 aromatic heterocycles. The summed E-state index contributed by atoms with van der Waals surface area (Å²) in [5, 5.41) is 11.7. The van der Waals surface area contributed by atoms with Crippen LogP contribution in [0.15, 0.2) is 4.99 Å². The standard InChI is InChI=1S/C13H17N5O3S/c1-4-10-16-17-12(22-10)15-9(19)6-5-8-7(2)14-13(21)18(3)11(8)20/h8H,4-6H2,1-3H3,(H,15,17,19). The van der Waals surface area contributed by atoms with E-state index in [0.717, 1.165) is 16.3 Å². The highest BCUT2D eigenvalue weighted by molar-refractivity contribution is 7.15. The van der Waals surface area contributed by atoms with Crippen LogP contribution in [0, 0.1) is 5.92 Å². The monoisotopic (exact) mass is 323 g/mol. The molecule has 4 amide bonds. The Morgan fingerprint density at radius 2 is 2.09 bits per heavy atom. The Kier molecular flexibility index (Phi) is 4.96. The van der Waals surface area contributed by atoms with E-state index in [4.69, 9.17) is 0 Å². The Morgan fingerprint density at radius 1 is 1.36 bits per heavy atom. The fraction of sp³-hybridized carbons (Fsp3) is 0.538. The highest BCUT2D eigenvalue weighted by Crippen LogP contribution is 2.19. The molecule has 2 heterocycles. The van der Waals surface area contributed by atoms with Gasteiger partial charge in [0.2, 0.25) is 16.9 Å². The van der Waals surface area contributed by atoms with Gasteiger partial charge in [-0.25, -0.2) is 9.79 Å². The molecule has 1 aliphatic rings. The molecule has 0 aromatic carbocycles. The summed E-state index contributed by atoms with van der Waals surface area (Å²) in [6.07, 6.45) is 1.21.